The number of rotatable bonds is 34. The lowest BCUT2D eigenvalue weighted by Gasteiger charge is -2.26. The van der Waals surface area contributed by atoms with Crippen molar-refractivity contribution in [3.05, 3.63) is 71.9 Å². The van der Waals surface area contributed by atoms with Crippen molar-refractivity contribution in [1.29, 1.82) is 0 Å². The van der Waals surface area contributed by atoms with Crippen LogP contribution in [0.15, 0.2) is 60.8 Å². The SMILES string of the molecule is CC(C)C[C@H](NC(=O)[C@@H](NC(=O)CCCCCCCCCCCCCCC(=O)N[C@@H](CC(N)=O)C(=O)N[C@@H](Cc1c[nH]c2ccccc12)C(=O)O)[C@@H](C)O)C(=O)N[C@@H](Cc1ccccc1)C(N)=O. The van der Waals surface area contributed by atoms with Gasteiger partial charge in [0.25, 0.3) is 0 Å². The number of hydrogen-bond acceptors (Lipinski definition) is 9. The number of H-pyrrole nitrogens is 1. The van der Waals surface area contributed by atoms with Crippen LogP contribution in [0.5, 0.6) is 0 Å². The Hall–Kier alpha value is -6.30. The highest BCUT2D eigenvalue weighted by atomic mass is 16.4. The smallest absolute Gasteiger partial charge is 0.326 e. The second-order valence-corrected chi connectivity index (χ2v) is 18.1. The Labute approximate surface area is 399 Å². The molecule has 0 saturated carbocycles. The molecular weight excluding hydrogens is 873 g/mol. The molecule has 7 amide bonds. The topological polar surface area (TPSA) is 305 Å². The van der Waals surface area contributed by atoms with Gasteiger partial charge in [0.2, 0.25) is 41.4 Å². The van der Waals surface area contributed by atoms with Crippen molar-refractivity contribution < 1.29 is 48.6 Å². The van der Waals surface area contributed by atoms with Crippen LogP contribution in [0.1, 0.15) is 135 Å². The number of aliphatic hydroxyl groups is 1. The lowest BCUT2D eigenvalue weighted by atomic mass is 10.0. The van der Waals surface area contributed by atoms with Crippen LogP contribution in [0.2, 0.25) is 0 Å². The third-order valence-electron chi connectivity index (χ3n) is 11.7. The van der Waals surface area contributed by atoms with Crippen LogP contribution in [0.25, 0.3) is 10.9 Å². The van der Waals surface area contributed by atoms with Gasteiger partial charge in [-0.1, -0.05) is 127 Å². The Kier molecular flexibility index (Phi) is 24.8. The quantitative estimate of drug-likeness (QED) is 0.0387. The molecule has 0 radical (unpaired) electrons. The minimum atomic E-state index is -1.30. The van der Waals surface area contributed by atoms with Crippen molar-refractivity contribution >= 4 is 58.2 Å². The number of benzene rings is 2. The van der Waals surface area contributed by atoms with Gasteiger partial charge in [0, 0.05) is 42.8 Å². The van der Waals surface area contributed by atoms with E-state index in [-0.39, 0.29) is 43.9 Å². The van der Waals surface area contributed by atoms with E-state index in [1.54, 1.807) is 6.20 Å². The fourth-order valence-corrected chi connectivity index (χ4v) is 7.97. The van der Waals surface area contributed by atoms with Crippen molar-refractivity contribution in [1.82, 2.24) is 31.6 Å². The molecular formula is C50H74N8O10. The minimum absolute atomic E-state index is 0.00416. The number of aliphatic carboxylic acids is 1. The first-order chi connectivity index (χ1) is 32.4. The average Bonchev–Trinajstić information content (AvgIpc) is 3.69. The molecule has 0 aliphatic carbocycles. The number of amides is 7. The predicted molar refractivity (Wildman–Crippen MR) is 258 cm³/mol. The molecule has 374 valence electrons. The van der Waals surface area contributed by atoms with Crippen molar-refractivity contribution in [3.8, 4) is 0 Å². The molecule has 0 aliphatic heterocycles. The van der Waals surface area contributed by atoms with Crippen LogP contribution in [0.3, 0.4) is 0 Å². The van der Waals surface area contributed by atoms with Gasteiger partial charge in [-0.05, 0) is 49.3 Å². The predicted octanol–water partition coefficient (Wildman–Crippen LogP) is 3.71. The second-order valence-electron chi connectivity index (χ2n) is 18.1. The van der Waals surface area contributed by atoms with E-state index in [9.17, 15) is 48.6 Å². The van der Waals surface area contributed by atoms with E-state index in [1.807, 2.05) is 68.4 Å². The summed E-state index contributed by atoms with van der Waals surface area (Å²) in [6.45, 7) is 5.15. The highest BCUT2D eigenvalue weighted by Crippen LogP contribution is 2.20. The summed E-state index contributed by atoms with van der Waals surface area (Å²) in [4.78, 5) is 104. The first kappa shape index (κ1) is 56.0. The van der Waals surface area contributed by atoms with Crippen LogP contribution in [0.4, 0.5) is 0 Å². The Morgan fingerprint density at radius 2 is 1.07 bits per heavy atom. The Balaban J connectivity index is 1.26. The minimum Gasteiger partial charge on any atom is -0.480 e. The number of primary amides is 2. The number of carbonyl (C=O) groups excluding carboxylic acids is 7. The molecule has 0 fully saturated rings. The molecule has 6 atom stereocenters. The lowest BCUT2D eigenvalue weighted by molar-refractivity contribution is -0.142. The summed E-state index contributed by atoms with van der Waals surface area (Å²) >= 11 is 0. The first-order valence-electron chi connectivity index (χ1n) is 24.0. The molecule has 18 nitrogen and oxygen atoms in total. The maximum absolute atomic E-state index is 13.3. The molecule has 0 bridgehead atoms. The fourth-order valence-electron chi connectivity index (χ4n) is 7.97. The summed E-state index contributed by atoms with van der Waals surface area (Å²) in [6.07, 6.45) is 11.8. The second kappa shape index (κ2) is 30.2. The highest BCUT2D eigenvalue weighted by Gasteiger charge is 2.32. The van der Waals surface area contributed by atoms with E-state index in [2.05, 4.69) is 31.6 Å². The van der Waals surface area contributed by atoms with E-state index in [4.69, 9.17) is 11.5 Å². The monoisotopic (exact) mass is 947 g/mol. The third kappa shape index (κ3) is 21.1. The lowest BCUT2D eigenvalue weighted by Crippen LogP contribution is -2.59. The van der Waals surface area contributed by atoms with Gasteiger partial charge in [0.1, 0.15) is 30.2 Å². The van der Waals surface area contributed by atoms with Gasteiger partial charge < -0.3 is 53.2 Å². The zero-order valence-corrected chi connectivity index (χ0v) is 39.9. The molecule has 0 unspecified atom stereocenters. The zero-order chi connectivity index (χ0) is 50.0. The molecule has 18 heteroatoms. The number of fused-ring (bicyclic) bond motifs is 1. The Bertz CT molecular complexity index is 2090. The third-order valence-corrected chi connectivity index (χ3v) is 11.7. The molecule has 0 spiro atoms. The summed E-state index contributed by atoms with van der Waals surface area (Å²) in [5.74, 6) is -5.69. The summed E-state index contributed by atoms with van der Waals surface area (Å²) < 4.78 is 0. The number of aromatic nitrogens is 1. The molecule has 0 aliphatic rings. The fraction of sp³-hybridized carbons (Fsp3) is 0.560. The van der Waals surface area contributed by atoms with Gasteiger partial charge in [0.05, 0.1) is 12.5 Å². The van der Waals surface area contributed by atoms with E-state index in [1.165, 1.54) is 6.92 Å². The van der Waals surface area contributed by atoms with E-state index >= 15 is 0 Å². The number of unbranched alkanes of at least 4 members (excludes halogenated alkanes) is 11. The average molecular weight is 947 g/mol. The molecule has 1 heterocycles. The maximum Gasteiger partial charge on any atom is 0.326 e. The molecule has 2 aromatic carbocycles. The molecule has 3 aromatic rings. The summed E-state index contributed by atoms with van der Waals surface area (Å²) in [6, 6.07) is 10.6. The maximum atomic E-state index is 13.3. The van der Waals surface area contributed by atoms with Crippen molar-refractivity contribution in [3.63, 3.8) is 0 Å². The number of para-hydroxylation sites is 1. The largest absolute Gasteiger partial charge is 0.480 e. The number of carboxylic acid groups (broad SMARTS) is 1. The van der Waals surface area contributed by atoms with Crippen molar-refractivity contribution in [2.75, 3.05) is 0 Å². The highest BCUT2D eigenvalue weighted by molar-refractivity contribution is 5.95. The normalized spacial score (nSPS) is 13.9. The van der Waals surface area contributed by atoms with E-state index in [0.29, 0.717) is 18.4 Å². The summed E-state index contributed by atoms with van der Waals surface area (Å²) in [5.41, 5.74) is 13.3. The summed E-state index contributed by atoms with van der Waals surface area (Å²) in [5, 5.41) is 34.0. The van der Waals surface area contributed by atoms with Crippen LogP contribution in [0, 0.1) is 5.92 Å². The van der Waals surface area contributed by atoms with Gasteiger partial charge in [0.15, 0.2) is 0 Å². The summed E-state index contributed by atoms with van der Waals surface area (Å²) in [7, 11) is 0. The number of hydrogen-bond donors (Lipinski definition) is 10. The number of nitrogens with two attached hydrogens (primary N) is 2. The van der Waals surface area contributed by atoms with Crippen molar-refractivity contribution in [2.24, 2.45) is 17.4 Å². The Morgan fingerprint density at radius 1 is 0.574 bits per heavy atom. The van der Waals surface area contributed by atoms with Crippen molar-refractivity contribution in [2.45, 2.75) is 173 Å². The van der Waals surface area contributed by atoms with Crippen LogP contribution in [-0.4, -0.2) is 98.8 Å². The van der Waals surface area contributed by atoms with Gasteiger partial charge >= 0.3 is 5.97 Å². The van der Waals surface area contributed by atoms with Gasteiger partial charge in [-0.3, -0.25) is 33.6 Å². The van der Waals surface area contributed by atoms with Crippen LogP contribution >= 0.6 is 0 Å². The Morgan fingerprint density at radius 3 is 1.60 bits per heavy atom. The van der Waals surface area contributed by atoms with Crippen LogP contribution < -0.4 is 38.1 Å². The number of carboxylic acids is 1. The number of aromatic amines is 1. The molecule has 1 aromatic heterocycles. The molecule has 12 N–H and O–H groups in total. The number of nitrogens with one attached hydrogen (secondary N) is 6. The van der Waals surface area contributed by atoms with Crippen LogP contribution in [-0.2, 0) is 51.2 Å². The standard InChI is InChI=1S/C50H74N8O10/c1-32(2)27-39(47(64)55-38(46(52)63)28-34-21-15-14-16-22-34)56-49(66)45(33(3)59)58-44(62)26-18-13-11-9-7-5-4-6-8-10-12-17-25-43(61)54-40(30-42(51)60)48(65)57-41(50(67)68)29-35-31-53-37-24-20-19-23-36(35)37/h14-16,19-24,31-33,38-41,45,53,59H,4-13,17-18,25-30H2,1-3H3,(H2,51,60)(H2,52,63)(H,54,61)(H,55,64)(H,56,66)(H,57,65)(H,58,62)(H,67,68)/t33-,38+,39+,40+,41+,45+/m1/s1. The van der Waals surface area contributed by atoms with Gasteiger partial charge in [-0.15, -0.1) is 0 Å². The molecule has 0 saturated heterocycles. The van der Waals surface area contributed by atoms with Gasteiger partial charge in [-0.25, -0.2) is 4.79 Å². The zero-order valence-electron chi connectivity index (χ0n) is 39.9. The van der Waals surface area contributed by atoms with E-state index in [0.717, 1.165) is 80.7 Å². The van der Waals surface area contributed by atoms with E-state index < -0.39 is 84.1 Å². The molecule has 3 rings (SSSR count). The number of carbonyl (C=O) groups is 8. The number of aliphatic hydroxyl groups excluding tert-OH is 1. The molecule has 68 heavy (non-hydrogen) atoms. The first-order valence-corrected chi connectivity index (χ1v) is 24.0. The van der Waals surface area contributed by atoms with Gasteiger partial charge in [-0.2, -0.15) is 0 Å².